The number of sulfone groups is 1. The Balaban J connectivity index is 1.74. The molecule has 1 heterocycles. The largest absolute Gasteiger partial charge is 0.496 e. The van der Waals surface area contributed by atoms with Crippen molar-refractivity contribution < 1.29 is 22.7 Å². The third-order valence-corrected chi connectivity index (χ3v) is 5.66. The number of rotatable bonds is 5. The maximum absolute atomic E-state index is 12.5. The zero-order valence-corrected chi connectivity index (χ0v) is 17.6. The Morgan fingerprint density at radius 2 is 1.60 bits per heavy atom. The highest BCUT2D eigenvalue weighted by Gasteiger charge is 2.18. The van der Waals surface area contributed by atoms with Crippen LogP contribution in [-0.2, 0) is 9.84 Å². The van der Waals surface area contributed by atoms with E-state index in [9.17, 15) is 18.0 Å². The number of benzene rings is 2. The number of amides is 2. The smallest absolute Gasteiger partial charge is 0.273 e. The lowest BCUT2D eigenvalue weighted by atomic mass is 10.1. The molecule has 0 spiro atoms. The van der Waals surface area contributed by atoms with Crippen LogP contribution >= 0.6 is 11.6 Å². The number of hydrogen-bond donors (Lipinski definition) is 2. The monoisotopic (exact) mass is 447 g/mol. The molecule has 0 bridgehead atoms. The minimum absolute atomic E-state index is 0.0882. The van der Waals surface area contributed by atoms with Crippen LogP contribution in [0.2, 0.25) is 5.02 Å². The first-order valence-electron chi connectivity index (χ1n) is 8.62. The van der Waals surface area contributed by atoms with Gasteiger partial charge in [-0.2, -0.15) is 0 Å². The van der Waals surface area contributed by atoms with Crippen LogP contribution in [0.3, 0.4) is 0 Å². The highest BCUT2D eigenvalue weighted by molar-refractivity contribution is 7.90. The zero-order valence-electron chi connectivity index (χ0n) is 16.0. The van der Waals surface area contributed by atoms with E-state index in [-0.39, 0.29) is 21.8 Å². The molecule has 0 fully saturated rings. The summed E-state index contributed by atoms with van der Waals surface area (Å²) in [6, 6.07) is 12.1. The Kier molecular flexibility index (Phi) is 6.14. The van der Waals surface area contributed by atoms with E-state index in [2.05, 4.69) is 10.9 Å². The molecule has 0 aliphatic heterocycles. The van der Waals surface area contributed by atoms with E-state index in [1.165, 1.54) is 37.4 Å². The lowest BCUT2D eigenvalue weighted by Crippen LogP contribution is -2.41. The topological polar surface area (TPSA) is 106 Å². The molecule has 0 atom stereocenters. The lowest BCUT2D eigenvalue weighted by molar-refractivity contribution is 0.0845. The fourth-order valence-electron chi connectivity index (χ4n) is 2.69. The third kappa shape index (κ3) is 4.64. The van der Waals surface area contributed by atoms with Crippen LogP contribution in [0.5, 0.6) is 5.75 Å². The van der Waals surface area contributed by atoms with Gasteiger partial charge < -0.3 is 9.30 Å². The Bertz CT molecular complexity index is 1190. The first-order chi connectivity index (χ1) is 14.2. The summed E-state index contributed by atoms with van der Waals surface area (Å²) in [7, 11) is -1.95. The van der Waals surface area contributed by atoms with Crippen LogP contribution < -0.4 is 15.6 Å². The van der Waals surface area contributed by atoms with Crippen molar-refractivity contribution in [3.05, 3.63) is 77.1 Å². The van der Waals surface area contributed by atoms with Gasteiger partial charge in [-0.25, -0.2) is 8.42 Å². The normalized spacial score (nSPS) is 11.0. The maximum Gasteiger partial charge on any atom is 0.273 e. The Morgan fingerprint density at radius 3 is 2.17 bits per heavy atom. The molecule has 10 heteroatoms. The van der Waals surface area contributed by atoms with Crippen LogP contribution in [0.15, 0.2) is 65.8 Å². The molecule has 0 aliphatic carbocycles. The van der Waals surface area contributed by atoms with Crippen molar-refractivity contribution in [1.29, 1.82) is 0 Å². The van der Waals surface area contributed by atoms with Crippen molar-refractivity contribution in [1.82, 2.24) is 15.4 Å². The van der Waals surface area contributed by atoms with Gasteiger partial charge in [-0.15, -0.1) is 0 Å². The number of hydrazine groups is 1. The molecule has 2 aromatic carbocycles. The fraction of sp³-hybridized carbons (Fsp3) is 0.100. The molecular formula is C20H18ClN3O5S. The number of nitrogens with one attached hydrogen (secondary N) is 2. The summed E-state index contributed by atoms with van der Waals surface area (Å²) in [5.41, 5.74) is 5.51. The van der Waals surface area contributed by atoms with E-state index < -0.39 is 21.7 Å². The van der Waals surface area contributed by atoms with Crippen LogP contribution in [0.1, 0.15) is 20.7 Å². The van der Waals surface area contributed by atoms with Crippen molar-refractivity contribution in [3.63, 3.8) is 0 Å². The Hall–Kier alpha value is -3.30. The van der Waals surface area contributed by atoms with E-state index in [0.29, 0.717) is 10.7 Å². The SMILES string of the molecule is COc1cc(-n2cccc2)c(Cl)cc1C(=O)NNC(=O)c1ccc(S(C)(=O)=O)cc1. The number of carbonyl (C=O) groups excluding carboxylic acids is 2. The predicted octanol–water partition coefficient (Wildman–Crippen LogP) is 2.62. The molecule has 3 aromatic rings. The minimum Gasteiger partial charge on any atom is -0.496 e. The van der Waals surface area contributed by atoms with Gasteiger partial charge in [-0.05, 0) is 42.5 Å². The molecule has 2 amide bonds. The van der Waals surface area contributed by atoms with E-state index in [1.807, 2.05) is 12.1 Å². The van der Waals surface area contributed by atoms with Gasteiger partial charge in [0.25, 0.3) is 11.8 Å². The second-order valence-electron chi connectivity index (χ2n) is 6.30. The van der Waals surface area contributed by atoms with Crippen LogP contribution in [0.25, 0.3) is 5.69 Å². The van der Waals surface area contributed by atoms with Gasteiger partial charge in [0.1, 0.15) is 5.75 Å². The molecule has 0 unspecified atom stereocenters. The Morgan fingerprint density at radius 1 is 1.00 bits per heavy atom. The van der Waals surface area contributed by atoms with Gasteiger partial charge in [0.15, 0.2) is 9.84 Å². The molecule has 3 rings (SSSR count). The molecule has 0 radical (unpaired) electrons. The van der Waals surface area contributed by atoms with Crippen LogP contribution in [-0.4, -0.2) is 38.2 Å². The second-order valence-corrected chi connectivity index (χ2v) is 8.72. The second kappa shape index (κ2) is 8.60. The molecule has 2 N–H and O–H groups in total. The number of carbonyl (C=O) groups is 2. The zero-order chi connectivity index (χ0) is 21.9. The highest BCUT2D eigenvalue weighted by Crippen LogP contribution is 2.29. The summed E-state index contributed by atoms with van der Waals surface area (Å²) >= 11 is 6.31. The van der Waals surface area contributed by atoms with Gasteiger partial charge >= 0.3 is 0 Å². The van der Waals surface area contributed by atoms with Gasteiger partial charge in [0.2, 0.25) is 0 Å². The number of halogens is 1. The van der Waals surface area contributed by atoms with Crippen molar-refractivity contribution in [2.24, 2.45) is 0 Å². The quantitative estimate of drug-likeness (QED) is 0.585. The van der Waals surface area contributed by atoms with E-state index in [0.717, 1.165) is 6.26 Å². The summed E-state index contributed by atoms with van der Waals surface area (Å²) in [6.45, 7) is 0. The predicted molar refractivity (Wildman–Crippen MR) is 112 cm³/mol. The van der Waals surface area contributed by atoms with Crippen molar-refractivity contribution >= 4 is 33.3 Å². The minimum atomic E-state index is -3.37. The lowest BCUT2D eigenvalue weighted by Gasteiger charge is -2.14. The number of ether oxygens (including phenoxy) is 1. The van der Waals surface area contributed by atoms with Gasteiger partial charge in [-0.3, -0.25) is 20.4 Å². The molecule has 1 aromatic heterocycles. The molecule has 0 aliphatic rings. The fourth-order valence-corrected chi connectivity index (χ4v) is 3.58. The van der Waals surface area contributed by atoms with Gasteiger partial charge in [0, 0.05) is 30.3 Å². The van der Waals surface area contributed by atoms with Crippen LogP contribution in [0.4, 0.5) is 0 Å². The maximum atomic E-state index is 12.5. The molecule has 156 valence electrons. The van der Waals surface area contributed by atoms with E-state index >= 15 is 0 Å². The average molecular weight is 448 g/mol. The number of nitrogens with zero attached hydrogens (tertiary/aromatic N) is 1. The summed E-state index contributed by atoms with van der Waals surface area (Å²) < 4.78 is 30.0. The molecular weight excluding hydrogens is 430 g/mol. The van der Waals surface area contributed by atoms with Gasteiger partial charge in [-0.1, -0.05) is 11.6 Å². The first-order valence-corrected chi connectivity index (χ1v) is 10.9. The number of hydrogen-bond acceptors (Lipinski definition) is 5. The summed E-state index contributed by atoms with van der Waals surface area (Å²) in [5, 5.41) is 0.319. The summed E-state index contributed by atoms with van der Waals surface area (Å²) in [4.78, 5) is 24.9. The van der Waals surface area contributed by atoms with Crippen LogP contribution in [0, 0.1) is 0 Å². The van der Waals surface area contributed by atoms with Crippen molar-refractivity contribution in [2.75, 3.05) is 13.4 Å². The van der Waals surface area contributed by atoms with E-state index in [4.69, 9.17) is 16.3 Å². The van der Waals surface area contributed by atoms with Crippen molar-refractivity contribution in [2.45, 2.75) is 4.90 Å². The highest BCUT2D eigenvalue weighted by atomic mass is 35.5. The third-order valence-electron chi connectivity index (χ3n) is 4.23. The molecule has 0 saturated carbocycles. The van der Waals surface area contributed by atoms with Gasteiger partial charge in [0.05, 0.1) is 28.3 Å². The first kappa shape index (κ1) is 21.4. The molecule has 0 saturated heterocycles. The standard InChI is InChI=1S/C20H18ClN3O5S/c1-29-18-12-17(24-9-3-4-10-24)16(21)11-15(18)20(26)23-22-19(25)13-5-7-14(8-6-13)30(2,27)28/h3-12H,1-2H3,(H,22,25)(H,23,26). The van der Waals surface area contributed by atoms with Crippen molar-refractivity contribution in [3.8, 4) is 11.4 Å². The summed E-state index contributed by atoms with van der Waals surface area (Å²) in [5.74, 6) is -0.973. The molecule has 30 heavy (non-hydrogen) atoms. The Labute approximate surface area is 178 Å². The summed E-state index contributed by atoms with van der Waals surface area (Å²) in [6.07, 6.45) is 4.67. The molecule has 8 nitrogen and oxygen atoms in total. The average Bonchev–Trinajstić information content (AvgIpc) is 3.25. The number of aromatic nitrogens is 1. The van der Waals surface area contributed by atoms with E-state index in [1.54, 1.807) is 23.0 Å². The number of methoxy groups -OCH3 is 1.